The number of nitro benzene ring substituents is 1. The van der Waals surface area contributed by atoms with Gasteiger partial charge < -0.3 is 19.5 Å². The van der Waals surface area contributed by atoms with E-state index in [1.807, 2.05) is 30.3 Å². The summed E-state index contributed by atoms with van der Waals surface area (Å²) >= 11 is 0. The largest absolute Gasteiger partial charge is 0.493 e. The number of nitro groups is 1. The molecule has 0 atom stereocenters. The van der Waals surface area contributed by atoms with Crippen LogP contribution in [0.25, 0.3) is 0 Å². The summed E-state index contributed by atoms with van der Waals surface area (Å²) in [6.45, 7) is -0.0522. The van der Waals surface area contributed by atoms with E-state index in [-0.39, 0.29) is 42.5 Å². The van der Waals surface area contributed by atoms with Gasteiger partial charge in [-0.05, 0) is 5.56 Å². The van der Waals surface area contributed by atoms with Gasteiger partial charge in [-0.3, -0.25) is 14.9 Å². The Balaban J connectivity index is 1.93. The van der Waals surface area contributed by atoms with Crippen LogP contribution in [0, 0.1) is 10.1 Å². The number of carbonyl (C=O) groups is 2. The molecule has 0 aliphatic heterocycles. The Morgan fingerprint density at radius 3 is 2.32 bits per heavy atom. The Hall–Kier alpha value is -3.62. The van der Waals surface area contributed by atoms with Gasteiger partial charge in [0.2, 0.25) is 5.91 Å². The SMILES string of the molecule is COc1cc(C(=O)OCCNC(=O)Cc2ccccc2)c([N+](=O)[O-])cc1OC. The predicted octanol–water partition coefficient (Wildman–Crippen LogP) is 2.13. The molecule has 0 bridgehead atoms. The van der Waals surface area contributed by atoms with E-state index in [2.05, 4.69) is 5.32 Å². The quantitative estimate of drug-likeness (QED) is 0.303. The summed E-state index contributed by atoms with van der Waals surface area (Å²) in [4.78, 5) is 34.6. The first-order valence-electron chi connectivity index (χ1n) is 8.34. The molecule has 148 valence electrons. The Morgan fingerprint density at radius 2 is 1.71 bits per heavy atom. The van der Waals surface area contributed by atoms with E-state index in [1.54, 1.807) is 0 Å². The molecule has 9 heteroatoms. The molecule has 0 unspecified atom stereocenters. The van der Waals surface area contributed by atoms with Gasteiger partial charge in [0.1, 0.15) is 12.2 Å². The Kier molecular flexibility index (Phi) is 7.32. The number of esters is 1. The smallest absolute Gasteiger partial charge is 0.345 e. The number of carbonyl (C=O) groups excluding carboxylic acids is 2. The van der Waals surface area contributed by atoms with Gasteiger partial charge in [-0.25, -0.2) is 4.79 Å². The second-order valence-electron chi connectivity index (χ2n) is 5.63. The molecule has 1 N–H and O–H groups in total. The monoisotopic (exact) mass is 388 g/mol. The van der Waals surface area contributed by atoms with Crippen LogP contribution in [0.15, 0.2) is 42.5 Å². The van der Waals surface area contributed by atoms with Crippen LogP contribution in [0.2, 0.25) is 0 Å². The molecule has 0 spiro atoms. The van der Waals surface area contributed by atoms with E-state index in [1.165, 1.54) is 20.3 Å². The predicted molar refractivity (Wildman–Crippen MR) is 99.6 cm³/mol. The molecule has 0 aliphatic rings. The molecule has 0 aliphatic carbocycles. The molecule has 0 saturated heterocycles. The Bertz CT molecular complexity index is 853. The third kappa shape index (κ3) is 5.44. The van der Waals surface area contributed by atoms with Crippen molar-refractivity contribution in [3.8, 4) is 11.5 Å². The summed E-state index contributed by atoms with van der Waals surface area (Å²) in [5.41, 5.74) is 0.131. The normalized spacial score (nSPS) is 10.1. The number of ether oxygens (including phenoxy) is 3. The van der Waals surface area contributed by atoms with E-state index in [0.717, 1.165) is 11.6 Å². The van der Waals surface area contributed by atoms with Crippen molar-refractivity contribution in [1.29, 1.82) is 0 Å². The van der Waals surface area contributed by atoms with Gasteiger partial charge in [-0.2, -0.15) is 0 Å². The molecule has 2 aromatic carbocycles. The molecule has 0 aromatic heterocycles. The van der Waals surface area contributed by atoms with Gasteiger partial charge in [0.15, 0.2) is 11.5 Å². The standard InChI is InChI=1S/C19H20N2O7/c1-26-16-11-14(15(21(24)25)12-17(16)27-2)19(23)28-9-8-20-18(22)10-13-6-4-3-5-7-13/h3-7,11-12H,8-10H2,1-2H3,(H,20,22). The van der Waals surface area contributed by atoms with Crippen LogP contribution in [0.3, 0.4) is 0 Å². The molecule has 0 heterocycles. The van der Waals surface area contributed by atoms with Crippen LogP contribution in [0.4, 0.5) is 5.69 Å². The van der Waals surface area contributed by atoms with Gasteiger partial charge in [0, 0.05) is 6.07 Å². The average molecular weight is 388 g/mol. The van der Waals surface area contributed by atoms with Crippen LogP contribution in [0.5, 0.6) is 11.5 Å². The summed E-state index contributed by atoms with van der Waals surface area (Å²) in [7, 11) is 2.68. The highest BCUT2D eigenvalue weighted by molar-refractivity contribution is 5.95. The number of amides is 1. The first-order valence-corrected chi connectivity index (χ1v) is 8.34. The van der Waals surface area contributed by atoms with Crippen molar-refractivity contribution < 1.29 is 28.7 Å². The highest BCUT2D eigenvalue weighted by Gasteiger charge is 2.25. The molecule has 9 nitrogen and oxygen atoms in total. The molecule has 2 aromatic rings. The Labute approximate surface area is 161 Å². The van der Waals surface area contributed by atoms with Crippen LogP contribution in [-0.2, 0) is 16.0 Å². The van der Waals surface area contributed by atoms with Gasteiger partial charge >= 0.3 is 5.97 Å². The van der Waals surface area contributed by atoms with Crippen LogP contribution in [0.1, 0.15) is 15.9 Å². The van der Waals surface area contributed by atoms with Crippen LogP contribution in [-0.4, -0.2) is 44.2 Å². The summed E-state index contributed by atoms with van der Waals surface area (Å²) in [5.74, 6) is -0.834. The lowest BCUT2D eigenvalue weighted by atomic mass is 10.1. The molecular weight excluding hydrogens is 368 g/mol. The fourth-order valence-electron chi connectivity index (χ4n) is 2.44. The van der Waals surface area contributed by atoms with E-state index < -0.39 is 16.6 Å². The number of hydrogen-bond acceptors (Lipinski definition) is 7. The number of rotatable bonds is 9. The number of methoxy groups -OCH3 is 2. The third-order valence-electron chi connectivity index (χ3n) is 3.78. The molecule has 0 saturated carbocycles. The van der Waals surface area contributed by atoms with Gasteiger partial charge in [0.25, 0.3) is 5.69 Å². The second-order valence-corrected chi connectivity index (χ2v) is 5.63. The summed E-state index contributed by atoms with van der Waals surface area (Å²) in [6, 6.07) is 11.5. The summed E-state index contributed by atoms with van der Waals surface area (Å²) in [5, 5.41) is 13.9. The van der Waals surface area contributed by atoms with Crippen molar-refractivity contribution in [3.63, 3.8) is 0 Å². The van der Waals surface area contributed by atoms with E-state index in [9.17, 15) is 19.7 Å². The average Bonchev–Trinajstić information content (AvgIpc) is 2.70. The number of nitrogens with zero attached hydrogens (tertiary/aromatic N) is 1. The Morgan fingerprint density at radius 1 is 1.07 bits per heavy atom. The third-order valence-corrected chi connectivity index (χ3v) is 3.78. The van der Waals surface area contributed by atoms with Crippen molar-refractivity contribution in [2.45, 2.75) is 6.42 Å². The zero-order chi connectivity index (χ0) is 20.5. The maximum atomic E-state index is 12.2. The number of benzene rings is 2. The lowest BCUT2D eigenvalue weighted by Crippen LogP contribution is -2.29. The first kappa shape index (κ1) is 20.7. The van der Waals surface area contributed by atoms with Crippen molar-refractivity contribution >= 4 is 17.6 Å². The van der Waals surface area contributed by atoms with Crippen molar-refractivity contribution in [1.82, 2.24) is 5.32 Å². The van der Waals surface area contributed by atoms with Crippen molar-refractivity contribution in [3.05, 3.63) is 63.7 Å². The summed E-state index contributed by atoms with van der Waals surface area (Å²) in [6.07, 6.45) is 0.204. The molecule has 0 fully saturated rings. The van der Waals surface area contributed by atoms with Gasteiger partial charge in [-0.1, -0.05) is 30.3 Å². The summed E-state index contributed by atoms with van der Waals surface area (Å²) < 4.78 is 15.1. The second kappa shape index (κ2) is 9.91. The van der Waals surface area contributed by atoms with E-state index in [0.29, 0.717) is 0 Å². The first-order chi connectivity index (χ1) is 13.5. The molecular formula is C19H20N2O7. The minimum absolute atomic E-state index is 0.0818. The zero-order valence-electron chi connectivity index (χ0n) is 15.5. The zero-order valence-corrected chi connectivity index (χ0v) is 15.5. The number of hydrogen-bond donors (Lipinski definition) is 1. The van der Waals surface area contributed by atoms with Gasteiger partial charge in [-0.15, -0.1) is 0 Å². The molecule has 1 amide bonds. The van der Waals surface area contributed by atoms with Gasteiger partial charge in [0.05, 0.1) is 38.2 Å². The minimum Gasteiger partial charge on any atom is -0.493 e. The van der Waals surface area contributed by atoms with Crippen molar-refractivity contribution in [2.24, 2.45) is 0 Å². The lowest BCUT2D eigenvalue weighted by molar-refractivity contribution is -0.385. The topological polar surface area (TPSA) is 117 Å². The van der Waals surface area contributed by atoms with Crippen LogP contribution < -0.4 is 14.8 Å². The maximum absolute atomic E-state index is 12.2. The maximum Gasteiger partial charge on any atom is 0.345 e. The molecule has 28 heavy (non-hydrogen) atoms. The van der Waals surface area contributed by atoms with Crippen LogP contribution >= 0.6 is 0 Å². The fraction of sp³-hybridized carbons (Fsp3) is 0.263. The lowest BCUT2D eigenvalue weighted by Gasteiger charge is -2.11. The number of nitrogens with one attached hydrogen (secondary N) is 1. The fourth-order valence-corrected chi connectivity index (χ4v) is 2.44. The highest BCUT2D eigenvalue weighted by atomic mass is 16.6. The molecule has 2 rings (SSSR count). The highest BCUT2D eigenvalue weighted by Crippen LogP contribution is 2.34. The van der Waals surface area contributed by atoms with Crippen molar-refractivity contribution in [2.75, 3.05) is 27.4 Å². The van der Waals surface area contributed by atoms with E-state index in [4.69, 9.17) is 14.2 Å². The van der Waals surface area contributed by atoms with E-state index >= 15 is 0 Å². The molecule has 0 radical (unpaired) electrons. The minimum atomic E-state index is -0.898.